The fraction of sp³-hybridized carbons (Fsp3) is 0.308. The summed E-state index contributed by atoms with van der Waals surface area (Å²) in [6.45, 7) is 4.11. The van der Waals surface area contributed by atoms with E-state index in [4.69, 9.17) is 19.4 Å². The molecule has 0 radical (unpaired) electrons. The molecule has 0 aliphatic carbocycles. The Labute approximate surface area is 208 Å². The summed E-state index contributed by atoms with van der Waals surface area (Å²) in [6.07, 6.45) is 5.42. The standard InChI is InChI=1S/C26H29N7O3/c1-17(24-29-20-7-5-19(15-22(20)30-24)32-10-8-27-16-32)25-31-21-6-4-18(26(34)28-9-12-35-2)14-23(21)33(25)11-13-36-3/h4-8,10,14-17H,9,11-13H2,1-3H3,(H,28,34)(H,29,30). The number of carbonyl (C=O) groups is 1. The highest BCUT2D eigenvalue weighted by Crippen LogP contribution is 2.28. The lowest BCUT2D eigenvalue weighted by Crippen LogP contribution is -2.26. The SMILES string of the molecule is COCCNC(=O)c1ccc2nc(C(C)c3nc4cc(-n5ccnc5)ccc4[nH]3)n(CCOC)c2c1. The number of hydrogen-bond acceptors (Lipinski definition) is 6. The van der Waals surface area contributed by atoms with Gasteiger partial charge in [-0.25, -0.2) is 15.0 Å². The number of H-pyrrole nitrogens is 1. The van der Waals surface area contributed by atoms with Gasteiger partial charge in [0.15, 0.2) is 0 Å². The number of rotatable bonds is 10. The number of nitrogens with zero attached hydrogens (tertiary/aromatic N) is 5. The van der Waals surface area contributed by atoms with Crippen molar-refractivity contribution in [3.63, 3.8) is 0 Å². The third-order valence-corrected chi connectivity index (χ3v) is 6.24. The van der Waals surface area contributed by atoms with E-state index in [-0.39, 0.29) is 11.8 Å². The molecule has 2 N–H and O–H groups in total. The lowest BCUT2D eigenvalue weighted by atomic mass is 10.1. The summed E-state index contributed by atoms with van der Waals surface area (Å²) in [5, 5.41) is 2.87. The number of benzene rings is 2. The zero-order chi connectivity index (χ0) is 25.1. The van der Waals surface area contributed by atoms with Crippen molar-refractivity contribution in [3.8, 4) is 5.69 Å². The minimum atomic E-state index is -0.144. The fourth-order valence-electron chi connectivity index (χ4n) is 4.31. The van der Waals surface area contributed by atoms with Crippen molar-refractivity contribution < 1.29 is 14.3 Å². The quantitative estimate of drug-likeness (QED) is 0.293. The molecule has 1 unspecified atom stereocenters. The van der Waals surface area contributed by atoms with Crippen LogP contribution in [-0.4, -0.2) is 69.0 Å². The largest absolute Gasteiger partial charge is 0.383 e. The summed E-state index contributed by atoms with van der Waals surface area (Å²) in [5.41, 5.74) is 5.10. The monoisotopic (exact) mass is 487 g/mol. The van der Waals surface area contributed by atoms with Crippen LogP contribution < -0.4 is 5.32 Å². The van der Waals surface area contributed by atoms with E-state index < -0.39 is 0 Å². The molecule has 10 heteroatoms. The van der Waals surface area contributed by atoms with Crippen molar-refractivity contribution in [1.29, 1.82) is 0 Å². The van der Waals surface area contributed by atoms with Gasteiger partial charge in [0.1, 0.15) is 11.6 Å². The first-order valence-corrected chi connectivity index (χ1v) is 11.8. The first-order valence-electron chi connectivity index (χ1n) is 11.8. The third-order valence-electron chi connectivity index (χ3n) is 6.24. The second-order valence-electron chi connectivity index (χ2n) is 8.58. The number of aromatic amines is 1. The average Bonchev–Trinajstić information content (AvgIpc) is 3.64. The molecule has 0 saturated carbocycles. The minimum Gasteiger partial charge on any atom is -0.383 e. The van der Waals surface area contributed by atoms with Crippen LogP contribution >= 0.6 is 0 Å². The smallest absolute Gasteiger partial charge is 0.251 e. The van der Waals surface area contributed by atoms with Crippen molar-refractivity contribution in [2.24, 2.45) is 0 Å². The Kier molecular flexibility index (Phi) is 6.79. The number of fused-ring (bicyclic) bond motifs is 2. The van der Waals surface area contributed by atoms with E-state index >= 15 is 0 Å². The molecule has 186 valence electrons. The van der Waals surface area contributed by atoms with E-state index in [1.807, 2.05) is 41.1 Å². The summed E-state index contributed by atoms with van der Waals surface area (Å²) >= 11 is 0. The predicted molar refractivity (Wildman–Crippen MR) is 137 cm³/mol. The molecule has 5 rings (SSSR count). The van der Waals surface area contributed by atoms with Crippen molar-refractivity contribution in [2.75, 3.05) is 34.0 Å². The van der Waals surface area contributed by atoms with Crippen molar-refractivity contribution >= 4 is 28.0 Å². The summed E-state index contributed by atoms with van der Waals surface area (Å²) < 4.78 is 14.5. The molecule has 3 aromatic heterocycles. The highest BCUT2D eigenvalue weighted by molar-refractivity contribution is 5.97. The van der Waals surface area contributed by atoms with Gasteiger partial charge in [-0.05, 0) is 43.3 Å². The van der Waals surface area contributed by atoms with Crippen LogP contribution in [0.15, 0.2) is 55.1 Å². The number of amides is 1. The van der Waals surface area contributed by atoms with E-state index in [9.17, 15) is 4.79 Å². The van der Waals surface area contributed by atoms with Crippen LogP contribution in [0.3, 0.4) is 0 Å². The predicted octanol–water partition coefficient (Wildman–Crippen LogP) is 3.27. The molecular weight excluding hydrogens is 458 g/mol. The van der Waals surface area contributed by atoms with E-state index in [0.29, 0.717) is 31.9 Å². The molecule has 3 heterocycles. The number of ether oxygens (including phenoxy) is 2. The Morgan fingerprint density at radius 1 is 1.08 bits per heavy atom. The molecule has 0 fully saturated rings. The van der Waals surface area contributed by atoms with Crippen LogP contribution in [0.2, 0.25) is 0 Å². The van der Waals surface area contributed by atoms with Crippen molar-refractivity contribution in [1.82, 2.24) is 34.4 Å². The summed E-state index contributed by atoms with van der Waals surface area (Å²) in [6, 6.07) is 11.7. The normalized spacial score (nSPS) is 12.4. The summed E-state index contributed by atoms with van der Waals surface area (Å²) in [5.74, 6) is 1.42. The molecule has 5 aromatic rings. The molecule has 36 heavy (non-hydrogen) atoms. The Morgan fingerprint density at radius 3 is 2.72 bits per heavy atom. The lowest BCUT2D eigenvalue weighted by molar-refractivity contribution is 0.0937. The van der Waals surface area contributed by atoms with Gasteiger partial charge < -0.3 is 28.9 Å². The van der Waals surface area contributed by atoms with Gasteiger partial charge in [-0.3, -0.25) is 4.79 Å². The Hall–Kier alpha value is -4.02. The highest BCUT2D eigenvalue weighted by atomic mass is 16.5. The van der Waals surface area contributed by atoms with Gasteiger partial charge in [0.25, 0.3) is 5.91 Å². The van der Waals surface area contributed by atoms with E-state index in [1.165, 1.54) is 0 Å². The van der Waals surface area contributed by atoms with Crippen molar-refractivity contribution in [3.05, 3.63) is 72.3 Å². The molecule has 0 bridgehead atoms. The van der Waals surface area contributed by atoms with Crippen molar-refractivity contribution in [2.45, 2.75) is 19.4 Å². The van der Waals surface area contributed by atoms with Crippen LogP contribution in [-0.2, 0) is 16.0 Å². The molecule has 0 aliphatic rings. The van der Waals surface area contributed by atoms with Crippen LogP contribution in [0.5, 0.6) is 0 Å². The summed E-state index contributed by atoms with van der Waals surface area (Å²) in [7, 11) is 3.28. The molecule has 0 saturated heterocycles. The summed E-state index contributed by atoms with van der Waals surface area (Å²) in [4.78, 5) is 30.0. The second kappa shape index (κ2) is 10.3. The molecule has 0 spiro atoms. The first-order chi connectivity index (χ1) is 17.6. The zero-order valence-corrected chi connectivity index (χ0v) is 20.6. The lowest BCUT2D eigenvalue weighted by Gasteiger charge is -2.13. The number of imidazole rings is 3. The fourth-order valence-corrected chi connectivity index (χ4v) is 4.31. The van der Waals surface area contributed by atoms with Gasteiger partial charge in [-0.2, -0.15) is 0 Å². The van der Waals surface area contributed by atoms with E-state index in [0.717, 1.165) is 39.4 Å². The topological polar surface area (TPSA) is 112 Å². The number of aromatic nitrogens is 6. The van der Waals surface area contributed by atoms with Gasteiger partial charge in [0, 0.05) is 51.0 Å². The average molecular weight is 488 g/mol. The van der Waals surface area contributed by atoms with E-state index in [2.05, 4.69) is 26.8 Å². The first kappa shape index (κ1) is 23.7. The zero-order valence-electron chi connectivity index (χ0n) is 20.6. The molecule has 2 aromatic carbocycles. The van der Waals surface area contributed by atoms with E-state index in [1.54, 1.807) is 32.8 Å². The van der Waals surface area contributed by atoms with Gasteiger partial charge >= 0.3 is 0 Å². The number of methoxy groups -OCH3 is 2. The maximum Gasteiger partial charge on any atom is 0.251 e. The van der Waals surface area contributed by atoms with Gasteiger partial charge in [0.05, 0.1) is 47.5 Å². The van der Waals surface area contributed by atoms with Crippen LogP contribution in [0.1, 0.15) is 34.8 Å². The van der Waals surface area contributed by atoms with Crippen LogP contribution in [0.25, 0.3) is 27.8 Å². The van der Waals surface area contributed by atoms with Gasteiger partial charge in [0.2, 0.25) is 0 Å². The number of carbonyl (C=O) groups excluding carboxylic acids is 1. The second-order valence-corrected chi connectivity index (χ2v) is 8.58. The Bertz CT molecular complexity index is 1490. The molecule has 0 aliphatic heterocycles. The van der Waals surface area contributed by atoms with Gasteiger partial charge in [-0.15, -0.1) is 0 Å². The Morgan fingerprint density at radius 2 is 1.94 bits per heavy atom. The maximum absolute atomic E-state index is 12.6. The molecule has 10 nitrogen and oxygen atoms in total. The third kappa shape index (κ3) is 4.60. The Balaban J connectivity index is 1.50. The highest BCUT2D eigenvalue weighted by Gasteiger charge is 2.22. The minimum absolute atomic E-state index is 0.114. The number of nitrogens with one attached hydrogen (secondary N) is 2. The molecular formula is C26H29N7O3. The number of hydrogen-bond donors (Lipinski definition) is 2. The van der Waals surface area contributed by atoms with Crippen LogP contribution in [0, 0.1) is 0 Å². The maximum atomic E-state index is 12.6. The van der Waals surface area contributed by atoms with Gasteiger partial charge in [-0.1, -0.05) is 0 Å². The van der Waals surface area contributed by atoms with Crippen LogP contribution in [0.4, 0.5) is 0 Å². The molecule has 1 amide bonds. The molecule has 1 atom stereocenters.